The van der Waals surface area contributed by atoms with Crippen LogP contribution in [-0.4, -0.2) is 16.1 Å². The average molecular weight is 284 g/mol. The van der Waals surface area contributed by atoms with Crippen molar-refractivity contribution in [3.05, 3.63) is 46.3 Å². The van der Waals surface area contributed by atoms with E-state index in [1.807, 2.05) is 0 Å². The van der Waals surface area contributed by atoms with Gasteiger partial charge in [-0.2, -0.15) is 5.10 Å². The number of carbonyl (C=O) groups is 1. The molecule has 16 heavy (non-hydrogen) atoms. The van der Waals surface area contributed by atoms with Gasteiger partial charge in [-0.05, 0) is 34.1 Å². The van der Waals surface area contributed by atoms with Crippen molar-refractivity contribution in [1.29, 1.82) is 0 Å². The van der Waals surface area contributed by atoms with Crippen molar-refractivity contribution in [2.45, 2.75) is 0 Å². The van der Waals surface area contributed by atoms with Crippen molar-refractivity contribution in [3.8, 4) is 0 Å². The predicted molar refractivity (Wildman–Crippen MR) is 60.6 cm³/mol. The number of H-pyrrole nitrogens is 1. The Morgan fingerprint density at radius 3 is 2.88 bits per heavy atom. The molecule has 0 unspecified atom stereocenters. The number of halogens is 2. The Balaban J connectivity index is 2.18. The van der Waals surface area contributed by atoms with Gasteiger partial charge < -0.3 is 5.32 Å². The summed E-state index contributed by atoms with van der Waals surface area (Å²) in [5, 5.41) is 8.87. The third-order valence-electron chi connectivity index (χ3n) is 1.93. The van der Waals surface area contributed by atoms with Crippen molar-refractivity contribution in [3.63, 3.8) is 0 Å². The van der Waals surface area contributed by atoms with Gasteiger partial charge in [0, 0.05) is 11.6 Å². The number of carbonyl (C=O) groups excluding carboxylic acids is 1. The van der Waals surface area contributed by atoms with E-state index in [1.165, 1.54) is 24.4 Å². The lowest BCUT2D eigenvalue weighted by Crippen LogP contribution is -2.12. The largest absolute Gasteiger partial charge is 0.307 e. The highest BCUT2D eigenvalue weighted by atomic mass is 79.9. The van der Waals surface area contributed by atoms with Gasteiger partial charge >= 0.3 is 0 Å². The second-order valence-electron chi connectivity index (χ2n) is 3.05. The first-order chi connectivity index (χ1) is 7.66. The highest BCUT2D eigenvalue weighted by Crippen LogP contribution is 2.17. The summed E-state index contributed by atoms with van der Waals surface area (Å²) in [6.07, 6.45) is 1.52. The minimum atomic E-state index is -0.405. The molecule has 0 spiro atoms. The highest BCUT2D eigenvalue weighted by Gasteiger charge is 2.08. The maximum atomic E-state index is 12.9. The number of aromatic nitrogens is 2. The summed E-state index contributed by atoms with van der Waals surface area (Å²) in [5.41, 5.74) is 0.364. The standard InChI is InChI=1S/C10H7BrFN3O/c11-7-5-6(1-2-8(7)12)10(16)14-9-3-4-13-15-9/h1-5H,(H2,13,14,15,16). The molecule has 2 rings (SSSR count). The van der Waals surface area contributed by atoms with E-state index in [0.717, 1.165) is 0 Å². The lowest BCUT2D eigenvalue weighted by molar-refractivity contribution is 0.102. The molecular weight excluding hydrogens is 277 g/mol. The Hall–Kier alpha value is -1.69. The van der Waals surface area contributed by atoms with Gasteiger partial charge in [0.15, 0.2) is 0 Å². The van der Waals surface area contributed by atoms with Crippen LogP contribution in [0.2, 0.25) is 0 Å². The number of anilines is 1. The molecule has 1 amide bonds. The third-order valence-corrected chi connectivity index (χ3v) is 2.54. The quantitative estimate of drug-likeness (QED) is 0.890. The number of aromatic amines is 1. The smallest absolute Gasteiger partial charge is 0.256 e. The van der Waals surface area contributed by atoms with Crippen LogP contribution in [0.5, 0.6) is 0 Å². The van der Waals surface area contributed by atoms with Gasteiger partial charge in [0.25, 0.3) is 5.91 Å². The topological polar surface area (TPSA) is 57.8 Å². The van der Waals surface area contributed by atoms with Crippen LogP contribution in [0.4, 0.5) is 10.2 Å². The first-order valence-electron chi connectivity index (χ1n) is 4.42. The van der Waals surface area contributed by atoms with Crippen LogP contribution in [0.25, 0.3) is 0 Å². The monoisotopic (exact) mass is 283 g/mol. The number of rotatable bonds is 2. The molecule has 0 aliphatic heterocycles. The van der Waals surface area contributed by atoms with E-state index in [-0.39, 0.29) is 10.4 Å². The zero-order valence-corrected chi connectivity index (χ0v) is 9.58. The molecule has 0 saturated carbocycles. The summed E-state index contributed by atoms with van der Waals surface area (Å²) in [4.78, 5) is 11.7. The normalized spacial score (nSPS) is 10.1. The Morgan fingerprint density at radius 1 is 1.44 bits per heavy atom. The van der Waals surface area contributed by atoms with E-state index in [4.69, 9.17) is 0 Å². The summed E-state index contributed by atoms with van der Waals surface area (Å²) < 4.78 is 13.2. The molecule has 0 fully saturated rings. The summed E-state index contributed by atoms with van der Waals surface area (Å²) in [7, 11) is 0. The van der Waals surface area contributed by atoms with Gasteiger partial charge in [0.1, 0.15) is 11.6 Å². The molecule has 0 aliphatic carbocycles. The van der Waals surface area contributed by atoms with Crippen LogP contribution in [0.15, 0.2) is 34.9 Å². The molecule has 6 heteroatoms. The fraction of sp³-hybridized carbons (Fsp3) is 0. The van der Waals surface area contributed by atoms with E-state index in [9.17, 15) is 9.18 Å². The lowest BCUT2D eigenvalue weighted by Gasteiger charge is -2.03. The first kappa shape index (κ1) is 10.8. The predicted octanol–water partition coefficient (Wildman–Crippen LogP) is 2.56. The molecule has 4 nitrogen and oxygen atoms in total. The van der Waals surface area contributed by atoms with Crippen LogP contribution in [-0.2, 0) is 0 Å². The minimum Gasteiger partial charge on any atom is -0.307 e. The van der Waals surface area contributed by atoms with Crippen molar-refractivity contribution in [2.24, 2.45) is 0 Å². The van der Waals surface area contributed by atoms with Crippen LogP contribution >= 0.6 is 15.9 Å². The van der Waals surface area contributed by atoms with E-state index >= 15 is 0 Å². The molecule has 0 bridgehead atoms. The molecule has 2 aromatic rings. The first-order valence-corrected chi connectivity index (χ1v) is 5.22. The summed E-state index contributed by atoms with van der Waals surface area (Å²) >= 11 is 3.02. The molecular formula is C10H7BrFN3O. The van der Waals surface area contributed by atoms with Crippen molar-refractivity contribution in [2.75, 3.05) is 5.32 Å². The molecule has 0 aliphatic rings. The maximum Gasteiger partial charge on any atom is 0.256 e. The van der Waals surface area contributed by atoms with Crippen LogP contribution in [0.1, 0.15) is 10.4 Å². The molecule has 0 saturated heterocycles. The lowest BCUT2D eigenvalue weighted by atomic mass is 10.2. The van der Waals surface area contributed by atoms with E-state index < -0.39 is 5.82 Å². The van der Waals surface area contributed by atoms with E-state index in [0.29, 0.717) is 11.4 Å². The molecule has 2 N–H and O–H groups in total. The SMILES string of the molecule is O=C(Nc1ccn[nH]1)c1ccc(F)c(Br)c1. The van der Waals surface area contributed by atoms with Gasteiger partial charge in [0.05, 0.1) is 10.7 Å². The number of hydrogen-bond acceptors (Lipinski definition) is 2. The third kappa shape index (κ3) is 2.27. The van der Waals surface area contributed by atoms with Crippen LogP contribution in [0.3, 0.4) is 0 Å². The fourth-order valence-corrected chi connectivity index (χ4v) is 1.54. The number of benzene rings is 1. The molecule has 1 aromatic heterocycles. The second-order valence-corrected chi connectivity index (χ2v) is 3.91. The average Bonchev–Trinajstić information content (AvgIpc) is 2.74. The fourth-order valence-electron chi connectivity index (χ4n) is 1.16. The van der Waals surface area contributed by atoms with Crippen molar-refractivity contribution in [1.82, 2.24) is 10.2 Å². The molecule has 0 atom stereocenters. The van der Waals surface area contributed by atoms with Gasteiger partial charge in [-0.3, -0.25) is 9.89 Å². The van der Waals surface area contributed by atoms with E-state index in [2.05, 4.69) is 31.4 Å². The summed E-state index contributed by atoms with van der Waals surface area (Å²) in [5.74, 6) is -0.242. The minimum absolute atomic E-state index is 0.254. The zero-order valence-electron chi connectivity index (χ0n) is 8.00. The number of nitrogens with zero attached hydrogens (tertiary/aromatic N) is 1. The maximum absolute atomic E-state index is 12.9. The van der Waals surface area contributed by atoms with Gasteiger partial charge in [-0.25, -0.2) is 4.39 Å². The molecule has 82 valence electrons. The van der Waals surface area contributed by atoms with Crippen LogP contribution in [0, 0.1) is 5.82 Å². The molecule has 0 radical (unpaired) electrons. The number of amides is 1. The Morgan fingerprint density at radius 2 is 2.25 bits per heavy atom. The van der Waals surface area contributed by atoms with Crippen molar-refractivity contribution < 1.29 is 9.18 Å². The van der Waals surface area contributed by atoms with Gasteiger partial charge in [-0.15, -0.1) is 0 Å². The highest BCUT2D eigenvalue weighted by molar-refractivity contribution is 9.10. The Bertz CT molecular complexity index is 513. The van der Waals surface area contributed by atoms with E-state index in [1.54, 1.807) is 6.07 Å². The van der Waals surface area contributed by atoms with Gasteiger partial charge in [0.2, 0.25) is 0 Å². The molecule has 1 aromatic carbocycles. The number of nitrogens with one attached hydrogen (secondary N) is 2. The second kappa shape index (κ2) is 4.44. The summed E-state index contributed by atoms with van der Waals surface area (Å²) in [6.45, 7) is 0. The van der Waals surface area contributed by atoms with Crippen LogP contribution < -0.4 is 5.32 Å². The zero-order chi connectivity index (χ0) is 11.5. The Kier molecular flexibility index (Phi) is 3.00. The summed E-state index contributed by atoms with van der Waals surface area (Å²) in [6, 6.07) is 5.68. The van der Waals surface area contributed by atoms with Crippen molar-refractivity contribution >= 4 is 27.7 Å². The number of hydrogen-bond donors (Lipinski definition) is 2. The Labute approximate surface area is 99.0 Å². The molecule has 1 heterocycles. The van der Waals surface area contributed by atoms with Gasteiger partial charge in [-0.1, -0.05) is 0 Å².